The van der Waals surface area contributed by atoms with Gasteiger partial charge in [-0.1, -0.05) is 76.9 Å². The van der Waals surface area contributed by atoms with Crippen LogP contribution in [0.3, 0.4) is 0 Å². The lowest BCUT2D eigenvalue weighted by molar-refractivity contribution is -0.380. The van der Waals surface area contributed by atoms with Gasteiger partial charge in [0.05, 0.1) is 4.92 Å². The summed E-state index contributed by atoms with van der Waals surface area (Å²) in [4.78, 5) is 23.8. The topological polar surface area (TPSA) is 69.4 Å². The van der Waals surface area contributed by atoms with Crippen molar-refractivity contribution in [3.05, 3.63) is 44.8 Å². The van der Waals surface area contributed by atoms with Crippen LogP contribution in [0.1, 0.15) is 110 Å². The molecule has 3 fully saturated rings. The smallest absolute Gasteiger partial charge is 0.331 e. The minimum atomic E-state index is -0.408. The molecule has 0 saturated heterocycles. The first-order valence-corrected chi connectivity index (χ1v) is 16.7. The number of esters is 1. The molecule has 1 heterocycles. The van der Waals surface area contributed by atoms with Crippen LogP contribution in [0.2, 0.25) is 0 Å². The lowest BCUT2D eigenvalue weighted by atomic mass is 9.47. The van der Waals surface area contributed by atoms with Crippen molar-refractivity contribution in [3.8, 4) is 0 Å². The standard InChI is InChI=1S/C34H49NO4S/c1-22(2)7-6-8-23(3)28-13-14-29-27-12-9-24-21-25(17-19-33(24,4)30(27)18-20-34(28,29)5)39-32(36)16-11-26-10-15-31(40-26)35(37)38/h9-11,15-16,22-23,25,27-30H,6-8,12-14,17-21H2,1-5H3. The Bertz CT molecular complexity index is 1150. The molecule has 0 N–H and O–H groups in total. The maximum Gasteiger partial charge on any atom is 0.331 e. The number of hydrogen-bond donors (Lipinski definition) is 0. The summed E-state index contributed by atoms with van der Waals surface area (Å²) in [5.41, 5.74) is 2.26. The zero-order valence-corrected chi connectivity index (χ0v) is 26.0. The summed E-state index contributed by atoms with van der Waals surface area (Å²) in [5.74, 6) is 4.59. The number of ether oxygens (including phenoxy) is 1. The van der Waals surface area contributed by atoms with Crippen LogP contribution in [0.25, 0.3) is 6.08 Å². The van der Waals surface area contributed by atoms with Crippen molar-refractivity contribution in [3.63, 3.8) is 0 Å². The van der Waals surface area contributed by atoms with E-state index in [4.69, 9.17) is 4.74 Å². The van der Waals surface area contributed by atoms with Crippen LogP contribution in [0, 0.1) is 56.5 Å². The van der Waals surface area contributed by atoms with E-state index < -0.39 is 4.92 Å². The van der Waals surface area contributed by atoms with Gasteiger partial charge in [0.2, 0.25) is 0 Å². The summed E-state index contributed by atoms with van der Waals surface area (Å²) in [7, 11) is 0. The number of nitro groups is 1. The highest BCUT2D eigenvalue weighted by molar-refractivity contribution is 7.16. The first-order chi connectivity index (χ1) is 19.0. The highest BCUT2D eigenvalue weighted by Gasteiger charge is 2.59. The minimum absolute atomic E-state index is 0.0782. The van der Waals surface area contributed by atoms with E-state index >= 15 is 0 Å². The maximum absolute atomic E-state index is 12.6. The highest BCUT2D eigenvalue weighted by atomic mass is 32.1. The zero-order valence-electron chi connectivity index (χ0n) is 25.2. The van der Waals surface area contributed by atoms with Crippen LogP contribution in [0.4, 0.5) is 5.00 Å². The van der Waals surface area contributed by atoms with Gasteiger partial charge in [-0.3, -0.25) is 10.1 Å². The fourth-order valence-corrected chi connectivity index (χ4v) is 10.4. The largest absolute Gasteiger partial charge is 0.459 e. The van der Waals surface area contributed by atoms with E-state index in [0.717, 1.165) is 66.1 Å². The molecular formula is C34H49NO4S. The summed E-state index contributed by atoms with van der Waals surface area (Å²) in [5, 5.41) is 11.0. The molecular weight excluding hydrogens is 518 g/mol. The predicted octanol–water partition coefficient (Wildman–Crippen LogP) is 9.62. The monoisotopic (exact) mass is 567 g/mol. The first-order valence-electron chi connectivity index (χ1n) is 15.8. The molecule has 8 unspecified atom stereocenters. The summed E-state index contributed by atoms with van der Waals surface area (Å²) >= 11 is 1.06. The molecule has 8 atom stereocenters. The van der Waals surface area contributed by atoms with Crippen molar-refractivity contribution in [1.82, 2.24) is 0 Å². The van der Waals surface area contributed by atoms with Crippen LogP contribution >= 0.6 is 11.3 Å². The van der Waals surface area contributed by atoms with Crippen molar-refractivity contribution in [1.29, 1.82) is 0 Å². The van der Waals surface area contributed by atoms with E-state index in [1.807, 2.05) is 0 Å². The Morgan fingerprint density at radius 2 is 1.93 bits per heavy atom. The molecule has 4 aliphatic rings. The molecule has 5 rings (SSSR count). The van der Waals surface area contributed by atoms with Crippen molar-refractivity contribution in [2.24, 2.45) is 46.3 Å². The van der Waals surface area contributed by atoms with Crippen molar-refractivity contribution in [2.75, 3.05) is 0 Å². The summed E-state index contributed by atoms with van der Waals surface area (Å²) in [6.45, 7) is 12.4. The van der Waals surface area contributed by atoms with E-state index in [-0.39, 0.29) is 22.5 Å². The lowest BCUT2D eigenvalue weighted by Gasteiger charge is -2.58. The van der Waals surface area contributed by atoms with Gasteiger partial charge in [0.1, 0.15) is 6.10 Å². The maximum atomic E-state index is 12.6. The SMILES string of the molecule is CC(C)CCCC(C)C1CCC2C3CC=C4CC(OC(=O)C=Cc5ccc([N+](=O)[O-])s5)CCC4(C)C3CCC12C. The molecule has 1 aromatic rings. The fourth-order valence-electron chi connectivity index (χ4n) is 9.64. The number of nitrogens with zero attached hydrogens (tertiary/aromatic N) is 1. The Labute approximate surface area is 245 Å². The fraction of sp³-hybridized carbons (Fsp3) is 0.735. The van der Waals surface area contributed by atoms with Gasteiger partial charge >= 0.3 is 11.0 Å². The van der Waals surface area contributed by atoms with Gasteiger partial charge in [0.25, 0.3) is 0 Å². The Hall–Kier alpha value is -1.95. The number of hydrogen-bond acceptors (Lipinski definition) is 5. The van der Waals surface area contributed by atoms with Gasteiger partial charge < -0.3 is 4.74 Å². The van der Waals surface area contributed by atoms with Crippen LogP contribution in [0.5, 0.6) is 0 Å². The number of rotatable bonds is 9. The van der Waals surface area contributed by atoms with Gasteiger partial charge in [-0.05, 0) is 103 Å². The predicted molar refractivity (Wildman–Crippen MR) is 163 cm³/mol. The molecule has 0 radical (unpaired) electrons. The molecule has 1 aromatic heterocycles. The molecule has 0 amide bonds. The van der Waals surface area contributed by atoms with Crippen LogP contribution in [0.15, 0.2) is 29.9 Å². The van der Waals surface area contributed by atoms with Gasteiger partial charge in [0.15, 0.2) is 0 Å². The molecule has 3 saturated carbocycles. The second kappa shape index (κ2) is 11.7. The zero-order chi connectivity index (χ0) is 28.7. The minimum Gasteiger partial charge on any atom is -0.459 e. The average molecular weight is 568 g/mol. The number of carbonyl (C=O) groups excluding carboxylic acids is 1. The lowest BCUT2D eigenvalue weighted by Crippen LogP contribution is -2.51. The molecule has 220 valence electrons. The van der Waals surface area contributed by atoms with Crippen LogP contribution in [-0.4, -0.2) is 17.0 Å². The van der Waals surface area contributed by atoms with Crippen molar-refractivity contribution in [2.45, 2.75) is 111 Å². The van der Waals surface area contributed by atoms with E-state index in [1.54, 1.807) is 12.1 Å². The Balaban J connectivity index is 1.20. The third-order valence-electron chi connectivity index (χ3n) is 11.7. The Morgan fingerprint density at radius 3 is 2.65 bits per heavy atom. The number of carbonyl (C=O) groups is 1. The first kappa shape index (κ1) is 29.5. The normalized spacial score (nSPS) is 36.0. The van der Waals surface area contributed by atoms with Crippen LogP contribution in [-0.2, 0) is 9.53 Å². The highest BCUT2D eigenvalue weighted by Crippen LogP contribution is 2.67. The molecule has 0 aliphatic heterocycles. The molecule has 5 nitrogen and oxygen atoms in total. The van der Waals surface area contributed by atoms with Gasteiger partial charge in [-0.25, -0.2) is 4.79 Å². The van der Waals surface area contributed by atoms with E-state index in [2.05, 4.69) is 40.7 Å². The molecule has 6 heteroatoms. The van der Waals surface area contributed by atoms with Gasteiger partial charge in [0, 0.05) is 23.4 Å². The Kier molecular flexibility index (Phi) is 8.67. The van der Waals surface area contributed by atoms with Gasteiger partial charge in [-0.15, -0.1) is 0 Å². The van der Waals surface area contributed by atoms with E-state index in [0.29, 0.717) is 10.3 Å². The summed E-state index contributed by atoms with van der Waals surface area (Å²) in [6.07, 6.45) is 19.3. The average Bonchev–Trinajstić information content (AvgIpc) is 3.52. The molecule has 0 bridgehead atoms. The third kappa shape index (κ3) is 5.71. The summed E-state index contributed by atoms with van der Waals surface area (Å²) in [6, 6.07) is 3.13. The van der Waals surface area contributed by atoms with Crippen molar-refractivity contribution < 1.29 is 14.5 Å². The quantitative estimate of drug-likeness (QED) is 0.0979. The summed E-state index contributed by atoms with van der Waals surface area (Å²) < 4.78 is 5.87. The van der Waals surface area contributed by atoms with Crippen LogP contribution < -0.4 is 0 Å². The van der Waals surface area contributed by atoms with Gasteiger partial charge in [-0.2, -0.15) is 0 Å². The molecule has 0 aromatic carbocycles. The van der Waals surface area contributed by atoms with E-state index in [9.17, 15) is 14.9 Å². The molecule has 40 heavy (non-hydrogen) atoms. The second-order valence-electron chi connectivity index (χ2n) is 14.4. The molecule has 4 aliphatic carbocycles. The molecule has 0 spiro atoms. The third-order valence-corrected chi connectivity index (χ3v) is 12.7. The Morgan fingerprint density at radius 1 is 1.12 bits per heavy atom. The number of fused-ring (bicyclic) bond motifs is 5. The van der Waals surface area contributed by atoms with Crippen molar-refractivity contribution >= 4 is 28.4 Å². The second-order valence-corrected chi connectivity index (χ2v) is 15.5. The number of allylic oxidation sites excluding steroid dienone is 1. The van der Waals surface area contributed by atoms with E-state index in [1.165, 1.54) is 69.1 Å². The number of thiophene rings is 1.